The SMILES string of the molecule is CCO[Si](C)(C)OC1=CCCCC1. The monoisotopic (exact) mass is 200 g/mol. The number of rotatable bonds is 4. The molecule has 1 aliphatic carbocycles. The Hall–Kier alpha value is -0.283. The Bertz CT molecular complexity index is 187. The molecular formula is C10H20O2Si. The van der Waals surface area contributed by atoms with Crippen LogP contribution in [-0.2, 0) is 8.85 Å². The molecule has 3 heteroatoms. The molecule has 1 aliphatic rings. The van der Waals surface area contributed by atoms with Gasteiger partial charge in [-0.05, 0) is 45.4 Å². The van der Waals surface area contributed by atoms with Crippen LogP contribution >= 0.6 is 0 Å². The van der Waals surface area contributed by atoms with Gasteiger partial charge in [0.05, 0.1) is 5.76 Å². The third-order valence-corrected chi connectivity index (χ3v) is 3.86. The summed E-state index contributed by atoms with van der Waals surface area (Å²) in [7, 11) is -1.86. The molecular weight excluding hydrogens is 180 g/mol. The van der Waals surface area contributed by atoms with Gasteiger partial charge in [-0.15, -0.1) is 0 Å². The highest BCUT2D eigenvalue weighted by atomic mass is 28.4. The fourth-order valence-electron chi connectivity index (χ4n) is 1.59. The first-order valence-corrected chi connectivity index (χ1v) is 7.98. The molecule has 0 spiro atoms. The molecule has 0 N–H and O–H groups in total. The molecule has 0 atom stereocenters. The zero-order valence-electron chi connectivity index (χ0n) is 8.93. The first kappa shape index (κ1) is 10.8. The second-order valence-corrected chi connectivity index (χ2v) is 7.14. The Balaban J connectivity index is 2.41. The van der Waals surface area contributed by atoms with Crippen LogP contribution in [0.25, 0.3) is 0 Å². The minimum absolute atomic E-state index is 0.756. The Labute approximate surface area is 82.2 Å². The Morgan fingerprint density at radius 2 is 2.15 bits per heavy atom. The van der Waals surface area contributed by atoms with E-state index in [1.807, 2.05) is 6.92 Å². The van der Waals surface area contributed by atoms with Crippen molar-refractivity contribution in [1.82, 2.24) is 0 Å². The molecule has 0 saturated heterocycles. The first-order chi connectivity index (χ1) is 6.14. The lowest BCUT2D eigenvalue weighted by Crippen LogP contribution is -2.34. The summed E-state index contributed by atoms with van der Waals surface area (Å²) in [5.41, 5.74) is 0. The zero-order valence-corrected chi connectivity index (χ0v) is 9.93. The normalized spacial score (nSPS) is 18.2. The summed E-state index contributed by atoms with van der Waals surface area (Å²) in [6.45, 7) is 6.98. The topological polar surface area (TPSA) is 18.5 Å². The summed E-state index contributed by atoms with van der Waals surface area (Å²) >= 11 is 0. The largest absolute Gasteiger partial charge is 0.524 e. The average Bonchev–Trinajstić information content (AvgIpc) is 2.04. The highest BCUT2D eigenvalue weighted by molar-refractivity contribution is 6.64. The highest BCUT2D eigenvalue weighted by Gasteiger charge is 2.27. The maximum Gasteiger partial charge on any atom is 0.392 e. The third-order valence-electron chi connectivity index (χ3n) is 2.12. The molecule has 0 unspecified atom stereocenters. The van der Waals surface area contributed by atoms with Crippen molar-refractivity contribution in [2.24, 2.45) is 0 Å². The molecule has 76 valence electrons. The molecule has 0 aromatic carbocycles. The lowest BCUT2D eigenvalue weighted by Gasteiger charge is -2.26. The molecule has 0 aliphatic heterocycles. The van der Waals surface area contributed by atoms with Crippen LogP contribution in [-0.4, -0.2) is 15.2 Å². The van der Waals surface area contributed by atoms with Crippen LogP contribution in [0.2, 0.25) is 13.1 Å². The van der Waals surface area contributed by atoms with E-state index in [1.165, 1.54) is 19.3 Å². The highest BCUT2D eigenvalue weighted by Crippen LogP contribution is 2.22. The molecule has 1 rings (SSSR count). The Morgan fingerprint density at radius 1 is 1.38 bits per heavy atom. The summed E-state index contributed by atoms with van der Waals surface area (Å²) in [5.74, 6) is 1.16. The van der Waals surface area contributed by atoms with Gasteiger partial charge in [-0.25, -0.2) is 0 Å². The van der Waals surface area contributed by atoms with Gasteiger partial charge in [0, 0.05) is 13.0 Å². The van der Waals surface area contributed by atoms with Crippen molar-refractivity contribution in [2.75, 3.05) is 6.61 Å². The molecule has 0 heterocycles. The first-order valence-electron chi connectivity index (χ1n) is 5.16. The van der Waals surface area contributed by atoms with E-state index in [0.717, 1.165) is 18.8 Å². The van der Waals surface area contributed by atoms with Crippen molar-refractivity contribution in [3.63, 3.8) is 0 Å². The lowest BCUT2D eigenvalue weighted by atomic mass is 10.1. The van der Waals surface area contributed by atoms with Crippen molar-refractivity contribution in [3.05, 3.63) is 11.8 Å². The molecule has 0 amide bonds. The van der Waals surface area contributed by atoms with E-state index in [1.54, 1.807) is 0 Å². The minimum atomic E-state index is -1.86. The van der Waals surface area contributed by atoms with E-state index in [0.29, 0.717) is 0 Å². The van der Waals surface area contributed by atoms with Crippen molar-refractivity contribution in [1.29, 1.82) is 0 Å². The maximum absolute atomic E-state index is 5.90. The van der Waals surface area contributed by atoms with Crippen LogP contribution < -0.4 is 0 Å². The van der Waals surface area contributed by atoms with Gasteiger partial charge >= 0.3 is 8.56 Å². The molecule has 2 nitrogen and oxygen atoms in total. The number of hydrogen-bond donors (Lipinski definition) is 0. The van der Waals surface area contributed by atoms with Crippen LogP contribution in [0.1, 0.15) is 32.6 Å². The number of allylic oxidation sites excluding steroid dienone is 2. The Kier molecular flexibility index (Phi) is 4.00. The fraction of sp³-hybridized carbons (Fsp3) is 0.800. The molecule has 0 aromatic rings. The predicted octanol–water partition coefficient (Wildman–Crippen LogP) is 3.20. The van der Waals surface area contributed by atoms with E-state index in [9.17, 15) is 0 Å². The maximum atomic E-state index is 5.90. The standard InChI is InChI=1S/C10H20O2Si/c1-4-11-13(2,3)12-10-8-6-5-7-9-10/h8H,4-7,9H2,1-3H3. The smallest absolute Gasteiger partial charge is 0.392 e. The predicted molar refractivity (Wildman–Crippen MR) is 56.7 cm³/mol. The van der Waals surface area contributed by atoms with Gasteiger partial charge in [0.25, 0.3) is 0 Å². The van der Waals surface area contributed by atoms with Crippen molar-refractivity contribution in [2.45, 2.75) is 45.7 Å². The Morgan fingerprint density at radius 3 is 2.69 bits per heavy atom. The quantitative estimate of drug-likeness (QED) is 0.649. The van der Waals surface area contributed by atoms with Crippen LogP contribution in [0, 0.1) is 0 Å². The van der Waals surface area contributed by atoms with Gasteiger partial charge in [0.15, 0.2) is 0 Å². The lowest BCUT2D eigenvalue weighted by molar-refractivity contribution is 0.220. The minimum Gasteiger partial charge on any atom is -0.524 e. The second-order valence-electron chi connectivity index (χ2n) is 3.85. The van der Waals surface area contributed by atoms with Crippen LogP contribution in [0.15, 0.2) is 11.8 Å². The molecule has 0 aromatic heterocycles. The summed E-state index contributed by atoms with van der Waals surface area (Å²) in [4.78, 5) is 0. The van der Waals surface area contributed by atoms with Crippen LogP contribution in [0.4, 0.5) is 0 Å². The third kappa shape index (κ3) is 3.96. The molecule has 0 radical (unpaired) electrons. The van der Waals surface area contributed by atoms with Crippen LogP contribution in [0.3, 0.4) is 0 Å². The van der Waals surface area contributed by atoms with Gasteiger partial charge in [-0.1, -0.05) is 0 Å². The summed E-state index contributed by atoms with van der Waals surface area (Å²) in [6.07, 6.45) is 7.07. The second kappa shape index (κ2) is 4.82. The van der Waals surface area contributed by atoms with Gasteiger partial charge in [-0.2, -0.15) is 0 Å². The van der Waals surface area contributed by atoms with Crippen molar-refractivity contribution >= 4 is 8.56 Å². The summed E-state index contributed by atoms with van der Waals surface area (Å²) in [6, 6.07) is 0. The molecule has 0 bridgehead atoms. The average molecular weight is 200 g/mol. The van der Waals surface area contributed by atoms with E-state index in [-0.39, 0.29) is 0 Å². The number of hydrogen-bond acceptors (Lipinski definition) is 2. The van der Waals surface area contributed by atoms with E-state index >= 15 is 0 Å². The molecule has 0 fully saturated rings. The summed E-state index contributed by atoms with van der Waals surface area (Å²) < 4.78 is 11.5. The van der Waals surface area contributed by atoms with Gasteiger partial charge in [0.1, 0.15) is 0 Å². The van der Waals surface area contributed by atoms with E-state index in [4.69, 9.17) is 8.85 Å². The molecule has 13 heavy (non-hydrogen) atoms. The van der Waals surface area contributed by atoms with E-state index < -0.39 is 8.56 Å². The van der Waals surface area contributed by atoms with Gasteiger partial charge in [0.2, 0.25) is 0 Å². The zero-order chi connectivity index (χ0) is 9.73. The van der Waals surface area contributed by atoms with Gasteiger partial charge < -0.3 is 8.85 Å². The van der Waals surface area contributed by atoms with Gasteiger partial charge in [-0.3, -0.25) is 0 Å². The van der Waals surface area contributed by atoms with Crippen LogP contribution in [0.5, 0.6) is 0 Å². The van der Waals surface area contributed by atoms with Crippen molar-refractivity contribution < 1.29 is 8.85 Å². The summed E-state index contributed by atoms with van der Waals surface area (Å²) in [5, 5.41) is 0. The van der Waals surface area contributed by atoms with E-state index in [2.05, 4.69) is 19.2 Å². The van der Waals surface area contributed by atoms with Crippen molar-refractivity contribution in [3.8, 4) is 0 Å². The fourth-order valence-corrected chi connectivity index (χ4v) is 3.17. The molecule has 0 saturated carbocycles.